The summed E-state index contributed by atoms with van der Waals surface area (Å²) in [5.41, 5.74) is -1.13. The van der Waals surface area contributed by atoms with E-state index in [0.717, 1.165) is 0 Å². The zero-order chi connectivity index (χ0) is 31.7. The minimum Gasteiger partial charge on any atom is -0.462 e. The predicted octanol–water partition coefficient (Wildman–Crippen LogP) is 4.77. The van der Waals surface area contributed by atoms with Crippen molar-refractivity contribution in [3.05, 3.63) is 59.7 Å². The normalized spacial score (nSPS) is 38.0. The number of esters is 3. The lowest BCUT2D eigenvalue weighted by Crippen LogP contribution is -2.74. The highest BCUT2D eigenvalue weighted by atomic mass is 16.7. The fraction of sp³-hybridized carbons (Fsp3) is 0.543. The van der Waals surface area contributed by atoms with E-state index in [1.807, 2.05) is 19.9 Å². The number of hydrogen-bond donors (Lipinski definition) is 0. The summed E-state index contributed by atoms with van der Waals surface area (Å²) < 4.78 is 35.4. The smallest absolute Gasteiger partial charge is 0.338 e. The molecule has 7 rings (SSSR count). The van der Waals surface area contributed by atoms with Crippen LogP contribution in [0.4, 0.5) is 0 Å². The average molecular weight is 619 g/mol. The molecule has 3 aliphatic carbocycles. The molecule has 10 nitrogen and oxygen atoms in total. The summed E-state index contributed by atoms with van der Waals surface area (Å²) >= 11 is 0. The number of ketones is 1. The SMILES string of the molecule is COC1C(C)C2CC(=O)OC3CC4CCC(OC(=O)c5ccccc5)C(=O)C4(C)C(C1OC(=O)c1ccc4c(c1)OCO4)C32C. The van der Waals surface area contributed by atoms with Crippen LogP contribution in [-0.2, 0) is 28.5 Å². The lowest BCUT2D eigenvalue weighted by atomic mass is 9.38. The van der Waals surface area contributed by atoms with E-state index in [4.69, 9.17) is 28.4 Å². The molecular formula is C35H38O10. The van der Waals surface area contributed by atoms with Gasteiger partial charge < -0.3 is 28.4 Å². The molecule has 2 aromatic rings. The number of methoxy groups -OCH3 is 1. The van der Waals surface area contributed by atoms with Gasteiger partial charge in [-0.3, -0.25) is 9.59 Å². The van der Waals surface area contributed by atoms with Crippen molar-refractivity contribution in [2.75, 3.05) is 13.9 Å². The third-order valence-electron chi connectivity index (χ3n) is 11.6. The van der Waals surface area contributed by atoms with Gasteiger partial charge in [-0.25, -0.2) is 9.59 Å². The fourth-order valence-electron chi connectivity index (χ4n) is 9.46. The quantitative estimate of drug-likeness (QED) is 0.342. The van der Waals surface area contributed by atoms with Gasteiger partial charge in [0.05, 0.1) is 17.2 Å². The molecule has 4 fully saturated rings. The fourth-order valence-corrected chi connectivity index (χ4v) is 9.46. The Labute approximate surface area is 261 Å². The van der Waals surface area contributed by atoms with Gasteiger partial charge in [-0.15, -0.1) is 0 Å². The molecule has 10 heteroatoms. The average Bonchev–Trinajstić information content (AvgIpc) is 3.50. The molecule has 0 radical (unpaired) electrons. The summed E-state index contributed by atoms with van der Waals surface area (Å²) in [4.78, 5) is 54.7. The number of carbonyl (C=O) groups excluding carboxylic acids is 4. The number of Topliss-reactive ketones (excluding diaryl/α,β-unsaturated/α-hetero) is 1. The Bertz CT molecular complexity index is 1540. The summed E-state index contributed by atoms with van der Waals surface area (Å²) in [5.74, 6) is -1.76. The molecule has 10 unspecified atom stereocenters. The van der Waals surface area contributed by atoms with Gasteiger partial charge in [0.1, 0.15) is 12.2 Å². The van der Waals surface area contributed by atoms with Crippen LogP contribution in [-0.4, -0.2) is 62.0 Å². The van der Waals surface area contributed by atoms with Gasteiger partial charge in [0.2, 0.25) is 6.79 Å². The summed E-state index contributed by atoms with van der Waals surface area (Å²) in [5, 5.41) is 0. The molecule has 0 amide bonds. The maximum Gasteiger partial charge on any atom is 0.338 e. The van der Waals surface area contributed by atoms with Gasteiger partial charge in [-0.2, -0.15) is 0 Å². The first-order valence-corrected chi connectivity index (χ1v) is 15.7. The zero-order valence-corrected chi connectivity index (χ0v) is 25.9. The van der Waals surface area contributed by atoms with E-state index < -0.39 is 53.1 Å². The highest BCUT2D eigenvalue weighted by molar-refractivity contribution is 5.96. The molecule has 2 aliphatic heterocycles. The molecule has 238 valence electrons. The maximum atomic E-state index is 14.7. The number of rotatable bonds is 5. The van der Waals surface area contributed by atoms with Crippen LogP contribution in [0.2, 0.25) is 0 Å². The van der Waals surface area contributed by atoms with E-state index in [1.165, 1.54) is 0 Å². The summed E-state index contributed by atoms with van der Waals surface area (Å²) in [7, 11) is 1.57. The van der Waals surface area contributed by atoms with E-state index in [2.05, 4.69) is 6.92 Å². The highest BCUT2D eigenvalue weighted by Gasteiger charge is 2.74. The Balaban J connectivity index is 1.29. The molecule has 2 aromatic carbocycles. The molecule has 2 heterocycles. The van der Waals surface area contributed by atoms with Crippen molar-refractivity contribution < 1.29 is 47.6 Å². The number of ether oxygens (including phenoxy) is 6. The van der Waals surface area contributed by atoms with E-state index in [9.17, 15) is 19.2 Å². The zero-order valence-electron chi connectivity index (χ0n) is 25.9. The van der Waals surface area contributed by atoms with Crippen molar-refractivity contribution in [3.8, 4) is 11.5 Å². The van der Waals surface area contributed by atoms with Crippen molar-refractivity contribution >= 4 is 23.7 Å². The molecule has 45 heavy (non-hydrogen) atoms. The van der Waals surface area contributed by atoms with Crippen LogP contribution in [0.3, 0.4) is 0 Å². The Morgan fingerprint density at radius 2 is 1.62 bits per heavy atom. The third kappa shape index (κ3) is 4.47. The Morgan fingerprint density at radius 1 is 0.889 bits per heavy atom. The van der Waals surface area contributed by atoms with Gasteiger partial charge >= 0.3 is 17.9 Å². The Kier molecular flexibility index (Phi) is 7.18. The van der Waals surface area contributed by atoms with E-state index in [1.54, 1.807) is 49.6 Å². The lowest BCUT2D eigenvalue weighted by molar-refractivity contribution is -0.280. The van der Waals surface area contributed by atoms with Gasteiger partial charge in [-0.1, -0.05) is 39.0 Å². The van der Waals surface area contributed by atoms with Gasteiger partial charge in [0, 0.05) is 30.3 Å². The second-order valence-electron chi connectivity index (χ2n) is 13.5. The minimum atomic E-state index is -1.07. The van der Waals surface area contributed by atoms with Crippen molar-refractivity contribution in [1.82, 2.24) is 0 Å². The van der Waals surface area contributed by atoms with Crippen molar-refractivity contribution in [3.63, 3.8) is 0 Å². The van der Waals surface area contributed by atoms with Crippen LogP contribution in [0.5, 0.6) is 11.5 Å². The largest absolute Gasteiger partial charge is 0.462 e. The van der Waals surface area contributed by atoms with E-state index in [-0.39, 0.29) is 48.3 Å². The molecule has 10 atom stereocenters. The predicted molar refractivity (Wildman–Crippen MR) is 157 cm³/mol. The van der Waals surface area contributed by atoms with Crippen LogP contribution in [0.15, 0.2) is 48.5 Å². The first kappa shape index (κ1) is 29.8. The Hall–Kier alpha value is -3.92. The van der Waals surface area contributed by atoms with Gasteiger partial charge in [0.25, 0.3) is 0 Å². The van der Waals surface area contributed by atoms with Crippen LogP contribution in [0.25, 0.3) is 0 Å². The van der Waals surface area contributed by atoms with Crippen LogP contribution >= 0.6 is 0 Å². The molecule has 0 aromatic heterocycles. The van der Waals surface area contributed by atoms with Gasteiger partial charge in [0.15, 0.2) is 23.4 Å². The lowest BCUT2D eigenvalue weighted by Gasteiger charge is -2.68. The molecule has 5 aliphatic rings. The third-order valence-corrected chi connectivity index (χ3v) is 11.6. The van der Waals surface area contributed by atoms with Crippen LogP contribution in [0, 0.1) is 34.5 Å². The Morgan fingerprint density at radius 3 is 2.38 bits per heavy atom. The molecular weight excluding hydrogens is 580 g/mol. The van der Waals surface area contributed by atoms with E-state index >= 15 is 0 Å². The first-order chi connectivity index (χ1) is 21.6. The first-order valence-electron chi connectivity index (χ1n) is 15.7. The summed E-state index contributed by atoms with van der Waals surface area (Å²) in [6.45, 7) is 6.07. The topological polar surface area (TPSA) is 124 Å². The number of carbonyl (C=O) groups is 4. The second kappa shape index (κ2) is 10.9. The minimum absolute atomic E-state index is 0.0690. The van der Waals surface area contributed by atoms with Crippen LogP contribution < -0.4 is 9.47 Å². The standard InChI is InChI=1S/C35H38O10/c1-18-22-16-27(36)44-26-15-21-11-13-24(43-32(38)19-8-6-5-7-9-19)31(37)34(21,2)30(35(22,26)3)29(28(18)40-4)45-33(39)20-10-12-23-25(14-20)42-17-41-23/h5-10,12,14,18,21-22,24,26,28-30H,11,13,15-17H2,1-4H3. The number of benzene rings is 2. The summed E-state index contributed by atoms with van der Waals surface area (Å²) in [6.07, 6.45) is -1.27. The van der Waals surface area contributed by atoms with E-state index in [0.29, 0.717) is 36.3 Å². The molecule has 1 saturated heterocycles. The summed E-state index contributed by atoms with van der Waals surface area (Å²) in [6, 6.07) is 13.5. The maximum absolute atomic E-state index is 14.7. The molecule has 0 bridgehead atoms. The van der Waals surface area contributed by atoms with Crippen molar-refractivity contribution in [1.29, 1.82) is 0 Å². The highest BCUT2D eigenvalue weighted by Crippen LogP contribution is 2.68. The number of fused-ring (bicyclic) bond motifs is 3. The monoisotopic (exact) mass is 618 g/mol. The number of hydrogen-bond acceptors (Lipinski definition) is 10. The molecule has 0 spiro atoms. The van der Waals surface area contributed by atoms with Crippen molar-refractivity contribution in [2.24, 2.45) is 34.5 Å². The van der Waals surface area contributed by atoms with Crippen LogP contribution in [0.1, 0.15) is 67.2 Å². The van der Waals surface area contributed by atoms with Gasteiger partial charge in [-0.05, 0) is 67.3 Å². The second-order valence-corrected chi connectivity index (χ2v) is 13.5. The molecule has 0 N–H and O–H groups in total. The van der Waals surface area contributed by atoms with Crippen molar-refractivity contribution in [2.45, 2.75) is 70.9 Å². The molecule has 3 saturated carbocycles.